The summed E-state index contributed by atoms with van der Waals surface area (Å²) >= 11 is 0. The standard InChI is InChI=1S/C20H22FN3O3S/c21-18-7-2-1-5-16(18)13-28(26,27)24-12-17(15-6-4-10-22-11-15)20(14-24)9-3-8-19(25)23-20/h1-2,4-7,10-11,17H,3,8-9,12-14H2,(H,23,25)/t17-,20+/m0/s1. The molecule has 2 fully saturated rings. The highest BCUT2D eigenvalue weighted by Crippen LogP contribution is 2.42. The van der Waals surface area contributed by atoms with Crippen LogP contribution in [-0.4, -0.2) is 42.2 Å². The molecule has 0 radical (unpaired) electrons. The van der Waals surface area contributed by atoms with Gasteiger partial charge in [-0.25, -0.2) is 12.8 Å². The van der Waals surface area contributed by atoms with Crippen LogP contribution < -0.4 is 5.32 Å². The zero-order valence-corrected chi connectivity index (χ0v) is 16.2. The maximum Gasteiger partial charge on any atom is 0.220 e. The van der Waals surface area contributed by atoms with Crippen LogP contribution >= 0.6 is 0 Å². The SMILES string of the molecule is O=C1CCC[C@]2(CN(S(=O)(=O)Cc3ccccc3F)C[C@H]2c2cccnc2)N1. The van der Waals surface area contributed by atoms with Crippen LogP contribution in [0.4, 0.5) is 4.39 Å². The zero-order valence-electron chi connectivity index (χ0n) is 15.3. The molecule has 3 heterocycles. The second kappa shape index (κ2) is 7.25. The summed E-state index contributed by atoms with van der Waals surface area (Å²) in [6.07, 6.45) is 5.24. The van der Waals surface area contributed by atoms with Gasteiger partial charge in [-0.3, -0.25) is 9.78 Å². The van der Waals surface area contributed by atoms with Crippen molar-refractivity contribution in [1.82, 2.24) is 14.6 Å². The topological polar surface area (TPSA) is 79.4 Å². The summed E-state index contributed by atoms with van der Waals surface area (Å²) < 4.78 is 41.5. The van der Waals surface area contributed by atoms with Crippen molar-refractivity contribution in [2.45, 2.75) is 36.5 Å². The fourth-order valence-corrected chi connectivity index (χ4v) is 5.95. The number of carbonyl (C=O) groups excluding carboxylic acids is 1. The van der Waals surface area contributed by atoms with E-state index >= 15 is 0 Å². The number of sulfonamides is 1. The Labute approximate surface area is 163 Å². The van der Waals surface area contributed by atoms with Crippen LogP contribution in [0.2, 0.25) is 0 Å². The Bertz CT molecular complexity index is 983. The number of aromatic nitrogens is 1. The molecular formula is C20H22FN3O3S. The molecule has 1 spiro atoms. The van der Waals surface area contributed by atoms with Crippen LogP contribution in [0.15, 0.2) is 48.8 Å². The highest BCUT2D eigenvalue weighted by molar-refractivity contribution is 7.88. The average Bonchev–Trinajstić information content (AvgIpc) is 3.03. The molecule has 0 saturated carbocycles. The first-order chi connectivity index (χ1) is 13.4. The second-order valence-corrected chi connectivity index (χ2v) is 9.51. The van der Waals surface area contributed by atoms with E-state index in [9.17, 15) is 17.6 Å². The van der Waals surface area contributed by atoms with Gasteiger partial charge in [-0.05, 0) is 30.5 Å². The number of amides is 1. The number of hydrogen-bond donors (Lipinski definition) is 1. The molecule has 8 heteroatoms. The normalized spacial score (nSPS) is 25.8. The monoisotopic (exact) mass is 403 g/mol. The molecule has 2 aliphatic heterocycles. The minimum atomic E-state index is -3.75. The van der Waals surface area contributed by atoms with Crippen LogP contribution in [0, 0.1) is 5.82 Å². The van der Waals surface area contributed by atoms with Gasteiger partial charge in [0.15, 0.2) is 0 Å². The highest BCUT2D eigenvalue weighted by Gasteiger charge is 2.52. The van der Waals surface area contributed by atoms with Crippen molar-refractivity contribution in [2.75, 3.05) is 13.1 Å². The fourth-order valence-electron chi connectivity index (χ4n) is 4.34. The minimum absolute atomic E-state index is 0.0616. The van der Waals surface area contributed by atoms with Crippen molar-refractivity contribution in [3.63, 3.8) is 0 Å². The number of carbonyl (C=O) groups is 1. The van der Waals surface area contributed by atoms with Gasteiger partial charge >= 0.3 is 0 Å². The Hall–Kier alpha value is -2.32. The van der Waals surface area contributed by atoms with Gasteiger partial charge in [0.2, 0.25) is 15.9 Å². The number of benzene rings is 1. The number of hydrogen-bond acceptors (Lipinski definition) is 4. The molecule has 1 aromatic carbocycles. The number of nitrogens with zero attached hydrogens (tertiary/aromatic N) is 2. The molecule has 0 bridgehead atoms. The molecular weight excluding hydrogens is 381 g/mol. The molecule has 2 atom stereocenters. The lowest BCUT2D eigenvalue weighted by Crippen LogP contribution is -2.56. The molecule has 1 aromatic heterocycles. The first kappa shape index (κ1) is 19.0. The molecule has 0 aliphatic carbocycles. The smallest absolute Gasteiger partial charge is 0.220 e. The Kier molecular flexibility index (Phi) is 4.93. The molecule has 6 nitrogen and oxygen atoms in total. The van der Waals surface area contributed by atoms with Gasteiger partial charge in [-0.15, -0.1) is 0 Å². The predicted molar refractivity (Wildman–Crippen MR) is 102 cm³/mol. The van der Waals surface area contributed by atoms with Crippen molar-refractivity contribution in [2.24, 2.45) is 0 Å². The van der Waals surface area contributed by atoms with Crippen LogP contribution in [-0.2, 0) is 20.6 Å². The Morgan fingerprint density at radius 1 is 1.25 bits per heavy atom. The van der Waals surface area contributed by atoms with E-state index < -0.39 is 27.1 Å². The van der Waals surface area contributed by atoms with Crippen molar-refractivity contribution >= 4 is 15.9 Å². The van der Waals surface area contributed by atoms with Crippen molar-refractivity contribution in [1.29, 1.82) is 0 Å². The highest BCUT2D eigenvalue weighted by atomic mass is 32.2. The molecule has 4 rings (SSSR count). The lowest BCUT2D eigenvalue weighted by atomic mass is 9.77. The van der Waals surface area contributed by atoms with E-state index in [2.05, 4.69) is 10.3 Å². The molecule has 2 aliphatic rings. The summed E-state index contributed by atoms with van der Waals surface area (Å²) in [5.74, 6) is -1.19. The van der Waals surface area contributed by atoms with Gasteiger partial charge in [0, 0.05) is 43.4 Å². The summed E-state index contributed by atoms with van der Waals surface area (Å²) in [5.41, 5.74) is 0.392. The first-order valence-corrected chi connectivity index (χ1v) is 10.9. The van der Waals surface area contributed by atoms with Gasteiger partial charge in [0.1, 0.15) is 5.82 Å². The maximum atomic E-state index is 14.0. The van der Waals surface area contributed by atoms with Gasteiger partial charge in [-0.2, -0.15) is 4.31 Å². The van der Waals surface area contributed by atoms with E-state index in [1.165, 1.54) is 22.5 Å². The zero-order chi connectivity index (χ0) is 19.8. The Balaban J connectivity index is 1.66. The Morgan fingerprint density at radius 3 is 2.79 bits per heavy atom. The molecule has 1 amide bonds. The van der Waals surface area contributed by atoms with Crippen molar-refractivity contribution in [3.05, 3.63) is 65.7 Å². The largest absolute Gasteiger partial charge is 0.349 e. The van der Waals surface area contributed by atoms with Gasteiger partial charge in [0.25, 0.3) is 0 Å². The third kappa shape index (κ3) is 3.54. The van der Waals surface area contributed by atoms with E-state index in [0.717, 1.165) is 5.56 Å². The molecule has 1 N–H and O–H groups in total. The predicted octanol–water partition coefficient (Wildman–Crippen LogP) is 2.19. The summed E-state index contributed by atoms with van der Waals surface area (Å²) in [4.78, 5) is 16.3. The van der Waals surface area contributed by atoms with E-state index in [0.29, 0.717) is 19.3 Å². The molecule has 148 valence electrons. The number of rotatable bonds is 4. The van der Waals surface area contributed by atoms with E-state index in [-0.39, 0.29) is 30.5 Å². The lowest BCUT2D eigenvalue weighted by Gasteiger charge is -2.39. The van der Waals surface area contributed by atoms with Gasteiger partial charge in [0.05, 0.1) is 11.3 Å². The third-order valence-corrected chi connectivity index (χ3v) is 7.44. The maximum absolute atomic E-state index is 14.0. The number of nitrogens with one attached hydrogen (secondary N) is 1. The van der Waals surface area contributed by atoms with Gasteiger partial charge < -0.3 is 5.32 Å². The van der Waals surface area contributed by atoms with Crippen molar-refractivity contribution in [3.8, 4) is 0 Å². The van der Waals surface area contributed by atoms with Crippen LogP contribution in [0.5, 0.6) is 0 Å². The molecule has 28 heavy (non-hydrogen) atoms. The van der Waals surface area contributed by atoms with E-state index in [1.807, 2.05) is 12.1 Å². The quantitative estimate of drug-likeness (QED) is 0.849. The summed E-state index contributed by atoms with van der Waals surface area (Å²) in [6.45, 7) is 0.428. The molecule has 2 saturated heterocycles. The number of pyridine rings is 1. The molecule has 0 unspecified atom stereocenters. The summed E-state index contributed by atoms with van der Waals surface area (Å²) in [5, 5.41) is 3.07. The van der Waals surface area contributed by atoms with Crippen LogP contribution in [0.3, 0.4) is 0 Å². The van der Waals surface area contributed by atoms with E-state index in [4.69, 9.17) is 0 Å². The Morgan fingerprint density at radius 2 is 2.07 bits per heavy atom. The van der Waals surface area contributed by atoms with Crippen LogP contribution in [0.1, 0.15) is 36.3 Å². The van der Waals surface area contributed by atoms with Crippen LogP contribution in [0.25, 0.3) is 0 Å². The molecule has 2 aromatic rings. The fraction of sp³-hybridized carbons (Fsp3) is 0.400. The average molecular weight is 403 g/mol. The lowest BCUT2D eigenvalue weighted by molar-refractivity contribution is -0.125. The summed E-state index contributed by atoms with van der Waals surface area (Å²) in [7, 11) is -3.75. The number of halogens is 1. The number of piperidine rings is 1. The first-order valence-electron chi connectivity index (χ1n) is 9.32. The van der Waals surface area contributed by atoms with E-state index in [1.54, 1.807) is 18.5 Å². The second-order valence-electron chi connectivity index (χ2n) is 7.54. The minimum Gasteiger partial charge on any atom is -0.349 e. The summed E-state index contributed by atoms with van der Waals surface area (Å²) in [6, 6.07) is 9.62. The van der Waals surface area contributed by atoms with Gasteiger partial charge in [-0.1, -0.05) is 24.3 Å². The van der Waals surface area contributed by atoms with Crippen molar-refractivity contribution < 1.29 is 17.6 Å². The third-order valence-electron chi connectivity index (χ3n) is 5.70.